The standard InChI is InChI=1S/C20H21Cl2NOSSi/c1-26(2,3)24-23(17-7-5-4-6-8-17)20(15-11-12-25-14-15)18-10-9-16(21)13-19(18)22/h4-14,20H,1-3H3. The molecule has 0 saturated carbocycles. The molecule has 3 rings (SSSR count). The minimum absolute atomic E-state index is 0.153. The molecule has 1 atom stereocenters. The van der Waals surface area contributed by atoms with E-state index in [4.69, 9.17) is 27.7 Å². The van der Waals surface area contributed by atoms with Crippen molar-refractivity contribution in [3.05, 3.63) is 86.5 Å². The van der Waals surface area contributed by atoms with Gasteiger partial charge in [-0.25, -0.2) is 0 Å². The number of thiophene rings is 1. The van der Waals surface area contributed by atoms with Gasteiger partial charge in [-0.15, -0.1) is 0 Å². The zero-order valence-corrected chi connectivity index (χ0v) is 18.3. The van der Waals surface area contributed by atoms with Gasteiger partial charge in [0.1, 0.15) is 6.04 Å². The highest BCUT2D eigenvalue weighted by molar-refractivity contribution is 7.08. The van der Waals surface area contributed by atoms with Crippen molar-refractivity contribution in [1.82, 2.24) is 0 Å². The topological polar surface area (TPSA) is 12.5 Å². The molecule has 0 amide bonds. The van der Waals surface area contributed by atoms with Crippen LogP contribution in [-0.2, 0) is 4.53 Å². The van der Waals surface area contributed by atoms with Crippen molar-refractivity contribution >= 4 is 48.5 Å². The van der Waals surface area contributed by atoms with Crippen LogP contribution in [0.3, 0.4) is 0 Å². The quantitative estimate of drug-likeness (QED) is 0.303. The third-order valence-corrected chi connectivity index (χ3v) is 5.74. The second-order valence-corrected chi connectivity index (χ2v) is 13.0. The van der Waals surface area contributed by atoms with Gasteiger partial charge in [0.25, 0.3) is 0 Å². The molecule has 0 aliphatic rings. The van der Waals surface area contributed by atoms with Gasteiger partial charge in [-0.1, -0.05) is 47.5 Å². The Kier molecular flexibility index (Phi) is 6.10. The van der Waals surface area contributed by atoms with Gasteiger partial charge >= 0.3 is 0 Å². The van der Waals surface area contributed by atoms with E-state index >= 15 is 0 Å². The maximum absolute atomic E-state index is 6.59. The summed E-state index contributed by atoms with van der Waals surface area (Å²) >= 11 is 14.4. The average molecular weight is 422 g/mol. The first-order valence-electron chi connectivity index (χ1n) is 8.35. The summed E-state index contributed by atoms with van der Waals surface area (Å²) in [6, 6.07) is 17.8. The molecule has 3 aromatic rings. The summed E-state index contributed by atoms with van der Waals surface area (Å²) in [6.45, 7) is 6.53. The Morgan fingerprint density at radius 2 is 1.73 bits per heavy atom. The zero-order valence-electron chi connectivity index (χ0n) is 14.9. The van der Waals surface area contributed by atoms with Gasteiger partial charge in [0.05, 0.1) is 5.69 Å². The number of nitrogens with zero attached hydrogens (tertiary/aromatic N) is 1. The fraction of sp³-hybridized carbons (Fsp3) is 0.200. The molecule has 2 aromatic carbocycles. The molecule has 0 aliphatic carbocycles. The Morgan fingerprint density at radius 3 is 2.31 bits per heavy atom. The lowest BCUT2D eigenvalue weighted by atomic mass is 10.0. The van der Waals surface area contributed by atoms with Gasteiger partial charge in [0.2, 0.25) is 8.32 Å². The van der Waals surface area contributed by atoms with Gasteiger partial charge in [0.15, 0.2) is 0 Å². The normalized spacial score (nSPS) is 12.8. The molecular formula is C20H21Cl2NOSSi. The largest absolute Gasteiger partial charge is 0.319 e. The number of hydroxylamine groups is 1. The van der Waals surface area contributed by atoms with Gasteiger partial charge < -0.3 is 4.53 Å². The summed E-state index contributed by atoms with van der Waals surface area (Å²) < 4.78 is 6.53. The fourth-order valence-corrected chi connectivity index (χ4v) is 4.71. The molecule has 0 spiro atoms. The number of hydrogen-bond donors (Lipinski definition) is 0. The molecule has 6 heteroatoms. The molecule has 26 heavy (non-hydrogen) atoms. The Balaban J connectivity index is 2.16. The molecule has 0 fully saturated rings. The summed E-state index contributed by atoms with van der Waals surface area (Å²) in [6.07, 6.45) is 0. The van der Waals surface area contributed by atoms with Crippen LogP contribution < -0.4 is 5.06 Å². The highest BCUT2D eigenvalue weighted by atomic mass is 35.5. The van der Waals surface area contributed by atoms with Crippen LogP contribution in [0.5, 0.6) is 0 Å². The van der Waals surface area contributed by atoms with Crippen molar-refractivity contribution in [3.63, 3.8) is 0 Å². The lowest BCUT2D eigenvalue weighted by molar-refractivity contribution is 0.249. The van der Waals surface area contributed by atoms with Crippen molar-refractivity contribution in [2.24, 2.45) is 0 Å². The summed E-state index contributed by atoms with van der Waals surface area (Å²) in [5.74, 6) is 0. The number of anilines is 1. The van der Waals surface area contributed by atoms with E-state index in [9.17, 15) is 0 Å². The maximum Gasteiger partial charge on any atom is 0.220 e. The van der Waals surface area contributed by atoms with E-state index in [1.54, 1.807) is 17.4 Å². The zero-order chi connectivity index (χ0) is 18.7. The van der Waals surface area contributed by atoms with Crippen LogP contribution in [-0.4, -0.2) is 8.32 Å². The van der Waals surface area contributed by atoms with E-state index in [1.807, 2.05) is 35.4 Å². The molecule has 0 saturated heterocycles. The van der Waals surface area contributed by atoms with Crippen molar-refractivity contribution in [3.8, 4) is 0 Å². The minimum Gasteiger partial charge on any atom is -0.319 e. The van der Waals surface area contributed by atoms with Crippen LogP contribution in [0, 0.1) is 0 Å². The number of rotatable bonds is 6. The van der Waals surface area contributed by atoms with Gasteiger partial charge in [0, 0.05) is 15.6 Å². The Labute approximate surface area is 170 Å². The van der Waals surface area contributed by atoms with Crippen LogP contribution in [0.1, 0.15) is 17.2 Å². The Bertz CT molecular complexity index is 850. The smallest absolute Gasteiger partial charge is 0.220 e. The minimum atomic E-state index is -1.88. The molecule has 0 bridgehead atoms. The van der Waals surface area contributed by atoms with Crippen molar-refractivity contribution in [2.75, 3.05) is 5.06 Å². The predicted octanol–water partition coefficient (Wildman–Crippen LogP) is 7.42. The predicted molar refractivity (Wildman–Crippen MR) is 116 cm³/mol. The van der Waals surface area contributed by atoms with Crippen LogP contribution in [0.25, 0.3) is 0 Å². The SMILES string of the molecule is C[Si](C)(C)ON(c1ccccc1)C(c1ccsc1)c1ccc(Cl)cc1Cl. The number of hydrogen-bond acceptors (Lipinski definition) is 3. The summed E-state index contributed by atoms with van der Waals surface area (Å²) in [5.41, 5.74) is 3.11. The number of para-hydroxylation sites is 1. The Hall–Kier alpha value is -1.30. The summed E-state index contributed by atoms with van der Waals surface area (Å²) in [4.78, 5) is 0. The number of halogens is 2. The fourth-order valence-electron chi connectivity index (χ4n) is 2.72. The number of benzene rings is 2. The van der Waals surface area contributed by atoms with E-state index in [1.165, 1.54) is 0 Å². The lowest BCUT2D eigenvalue weighted by Gasteiger charge is -2.37. The third-order valence-electron chi connectivity index (χ3n) is 3.73. The van der Waals surface area contributed by atoms with Gasteiger partial charge in [-0.3, -0.25) is 5.06 Å². The lowest BCUT2D eigenvalue weighted by Crippen LogP contribution is -2.40. The Morgan fingerprint density at radius 1 is 1.00 bits per heavy atom. The van der Waals surface area contributed by atoms with Crippen molar-refractivity contribution < 1.29 is 4.53 Å². The first-order valence-corrected chi connectivity index (χ1v) is 13.5. The second kappa shape index (κ2) is 8.15. The first-order chi connectivity index (χ1) is 12.3. The van der Waals surface area contributed by atoms with E-state index in [2.05, 4.69) is 48.6 Å². The highest BCUT2D eigenvalue weighted by Gasteiger charge is 2.30. The third kappa shape index (κ3) is 4.70. The van der Waals surface area contributed by atoms with Crippen LogP contribution in [0.2, 0.25) is 29.7 Å². The van der Waals surface area contributed by atoms with Crippen LogP contribution in [0.15, 0.2) is 65.4 Å². The summed E-state index contributed by atoms with van der Waals surface area (Å²) in [5, 5.41) is 7.47. The average Bonchev–Trinajstić information content (AvgIpc) is 3.10. The molecule has 2 nitrogen and oxygen atoms in total. The monoisotopic (exact) mass is 421 g/mol. The summed E-state index contributed by atoms with van der Waals surface area (Å²) in [7, 11) is -1.88. The van der Waals surface area contributed by atoms with Gasteiger partial charge in [-0.2, -0.15) is 11.3 Å². The second-order valence-electron chi connectivity index (χ2n) is 6.99. The van der Waals surface area contributed by atoms with E-state index < -0.39 is 8.32 Å². The van der Waals surface area contributed by atoms with Crippen molar-refractivity contribution in [2.45, 2.75) is 25.7 Å². The van der Waals surface area contributed by atoms with Gasteiger partial charge in [-0.05, 0) is 66.3 Å². The van der Waals surface area contributed by atoms with Crippen molar-refractivity contribution in [1.29, 1.82) is 0 Å². The molecule has 1 unspecified atom stereocenters. The molecule has 1 aromatic heterocycles. The molecule has 0 N–H and O–H groups in total. The molecule has 136 valence electrons. The molecule has 0 radical (unpaired) electrons. The maximum atomic E-state index is 6.59. The van der Waals surface area contributed by atoms with Crippen LogP contribution in [0.4, 0.5) is 5.69 Å². The highest BCUT2D eigenvalue weighted by Crippen LogP contribution is 2.39. The first kappa shape index (κ1) is 19.5. The molecule has 1 heterocycles. The van der Waals surface area contributed by atoms with E-state index in [-0.39, 0.29) is 6.04 Å². The van der Waals surface area contributed by atoms with E-state index in [0.29, 0.717) is 10.0 Å². The molecule has 0 aliphatic heterocycles. The molecular weight excluding hydrogens is 401 g/mol. The van der Waals surface area contributed by atoms with E-state index in [0.717, 1.165) is 16.8 Å². The van der Waals surface area contributed by atoms with Crippen LogP contribution >= 0.6 is 34.5 Å².